The summed E-state index contributed by atoms with van der Waals surface area (Å²) in [5, 5.41) is 9.70. The van der Waals surface area contributed by atoms with E-state index in [-0.39, 0.29) is 11.6 Å². The van der Waals surface area contributed by atoms with Crippen LogP contribution in [0.5, 0.6) is 0 Å². The highest BCUT2D eigenvalue weighted by molar-refractivity contribution is 7.90. The number of rotatable bonds is 9. The summed E-state index contributed by atoms with van der Waals surface area (Å²) in [5.74, 6) is 0.324. The van der Waals surface area contributed by atoms with Crippen molar-refractivity contribution < 1.29 is 12.8 Å². The first kappa shape index (κ1) is 26.6. The second-order valence-corrected chi connectivity index (χ2v) is 12.4. The fourth-order valence-electron chi connectivity index (χ4n) is 5.02. The molecule has 0 radical (unpaired) electrons. The van der Waals surface area contributed by atoms with Crippen molar-refractivity contribution in [1.82, 2.24) is 24.7 Å². The first-order chi connectivity index (χ1) is 19.7. The fourth-order valence-corrected chi connectivity index (χ4v) is 5.91. The number of fused-ring (bicyclic) bond motifs is 2. The Kier molecular flexibility index (Phi) is 6.98. The Hall–Kier alpha value is -4.61. The van der Waals surface area contributed by atoms with Gasteiger partial charge in [0.25, 0.3) is 0 Å². The number of benzene rings is 3. The smallest absolute Gasteiger partial charge is 0.148 e. The number of aromatic nitrogens is 5. The predicted octanol–water partition coefficient (Wildman–Crippen LogP) is 4.82. The maximum Gasteiger partial charge on any atom is 0.148 e. The molecule has 9 nitrogen and oxygen atoms in total. The summed E-state index contributed by atoms with van der Waals surface area (Å²) in [6, 6.07) is 21.8. The zero-order valence-corrected chi connectivity index (χ0v) is 23.1. The lowest BCUT2D eigenvalue weighted by molar-refractivity contribution is 0.591. The monoisotopic (exact) mass is 569 g/mol. The summed E-state index contributed by atoms with van der Waals surface area (Å²) in [7, 11) is -3.15. The quantitative estimate of drug-likeness (QED) is 0.227. The molecule has 0 aliphatic carbocycles. The molecule has 3 aromatic heterocycles. The average molecular weight is 570 g/mol. The number of hydrogen-bond acceptors (Lipinski definition) is 7. The van der Waals surface area contributed by atoms with Crippen LogP contribution in [0.2, 0.25) is 0 Å². The zero-order chi connectivity index (χ0) is 28.6. The molecule has 0 fully saturated rings. The van der Waals surface area contributed by atoms with E-state index in [0.717, 1.165) is 50.0 Å². The highest BCUT2D eigenvalue weighted by Crippen LogP contribution is 2.29. The molecule has 1 atom stereocenters. The third-order valence-electron chi connectivity index (χ3n) is 6.82. The SMILES string of the molecule is CS(=O)(=O)CC(N)Cc1ccc(-c2ccc3ncnc(Nc4ccc5c(cnn5Cc5cccc(F)c5)c4)c3c2)[nH]1. The molecule has 3 heterocycles. The van der Waals surface area contributed by atoms with Crippen LogP contribution in [0.3, 0.4) is 0 Å². The summed E-state index contributed by atoms with van der Waals surface area (Å²) >= 11 is 0. The van der Waals surface area contributed by atoms with Crippen LogP contribution in [0.1, 0.15) is 11.3 Å². The molecule has 0 saturated carbocycles. The molecule has 0 aliphatic rings. The van der Waals surface area contributed by atoms with Gasteiger partial charge in [0.1, 0.15) is 27.8 Å². The zero-order valence-electron chi connectivity index (χ0n) is 22.3. The van der Waals surface area contributed by atoms with Gasteiger partial charge in [-0.1, -0.05) is 18.2 Å². The standard InChI is InChI=1S/C30H28FN7O2S/c1-41(39,40)17-23(32)14-25-6-9-27(36-25)20-5-8-28-26(13-20)30(34-18-33-28)37-24-7-10-29-21(12-24)15-35-38(29)16-19-3-2-4-22(31)11-19/h2-13,15,18,23,36H,14,16-17,32H2,1H3,(H,33,34,37). The number of H-pyrrole nitrogens is 1. The summed E-state index contributed by atoms with van der Waals surface area (Å²) < 4.78 is 38.6. The van der Waals surface area contributed by atoms with E-state index in [0.29, 0.717) is 18.8 Å². The van der Waals surface area contributed by atoms with Gasteiger partial charge in [0.15, 0.2) is 0 Å². The van der Waals surface area contributed by atoms with Crippen molar-refractivity contribution in [2.24, 2.45) is 5.73 Å². The molecule has 1 unspecified atom stereocenters. The van der Waals surface area contributed by atoms with Crippen molar-refractivity contribution in [3.8, 4) is 11.3 Å². The first-order valence-corrected chi connectivity index (χ1v) is 15.1. The summed E-state index contributed by atoms with van der Waals surface area (Å²) in [5.41, 5.74) is 12.1. The Morgan fingerprint density at radius 3 is 2.76 bits per heavy atom. The van der Waals surface area contributed by atoms with E-state index in [4.69, 9.17) is 5.73 Å². The third kappa shape index (κ3) is 6.11. The Balaban J connectivity index is 1.24. The Morgan fingerprint density at radius 2 is 1.93 bits per heavy atom. The van der Waals surface area contributed by atoms with Crippen LogP contribution in [-0.4, -0.2) is 51.2 Å². The molecule has 0 amide bonds. The van der Waals surface area contributed by atoms with Gasteiger partial charge in [-0.3, -0.25) is 4.68 Å². The number of nitrogens with zero attached hydrogens (tertiary/aromatic N) is 4. The normalized spacial score (nSPS) is 12.7. The van der Waals surface area contributed by atoms with Gasteiger partial charge >= 0.3 is 0 Å². The number of aromatic amines is 1. The molecule has 0 bridgehead atoms. The van der Waals surface area contributed by atoms with Crippen molar-refractivity contribution in [2.75, 3.05) is 17.3 Å². The van der Waals surface area contributed by atoms with Crippen molar-refractivity contribution in [3.63, 3.8) is 0 Å². The summed E-state index contributed by atoms with van der Waals surface area (Å²) in [4.78, 5) is 12.3. The number of nitrogens with one attached hydrogen (secondary N) is 2. The third-order valence-corrected chi connectivity index (χ3v) is 7.85. The molecule has 0 aliphatic heterocycles. The maximum absolute atomic E-state index is 13.6. The number of halogens is 1. The molecule has 11 heteroatoms. The summed E-state index contributed by atoms with van der Waals surface area (Å²) in [6.07, 6.45) is 4.93. The van der Waals surface area contributed by atoms with Gasteiger partial charge < -0.3 is 16.0 Å². The first-order valence-electron chi connectivity index (χ1n) is 13.0. The lowest BCUT2D eigenvalue weighted by atomic mass is 10.1. The molecule has 0 saturated heterocycles. The van der Waals surface area contributed by atoms with E-state index in [9.17, 15) is 12.8 Å². The van der Waals surface area contributed by atoms with Crippen LogP contribution >= 0.6 is 0 Å². The van der Waals surface area contributed by atoms with E-state index < -0.39 is 15.9 Å². The number of hydrogen-bond donors (Lipinski definition) is 3. The van der Waals surface area contributed by atoms with Gasteiger partial charge in [-0.15, -0.1) is 0 Å². The molecule has 6 aromatic rings. The topological polar surface area (TPSA) is 132 Å². The van der Waals surface area contributed by atoms with Gasteiger partial charge in [0.2, 0.25) is 0 Å². The van der Waals surface area contributed by atoms with Gasteiger partial charge in [-0.2, -0.15) is 5.10 Å². The van der Waals surface area contributed by atoms with Gasteiger partial charge in [-0.05, 0) is 65.7 Å². The highest BCUT2D eigenvalue weighted by atomic mass is 32.2. The van der Waals surface area contributed by atoms with E-state index in [1.807, 2.05) is 59.3 Å². The van der Waals surface area contributed by atoms with Crippen molar-refractivity contribution in [3.05, 3.63) is 102 Å². The minimum Gasteiger partial charge on any atom is -0.358 e. The van der Waals surface area contributed by atoms with E-state index in [2.05, 4.69) is 25.4 Å². The molecule has 0 spiro atoms. The lowest BCUT2D eigenvalue weighted by Crippen LogP contribution is -2.31. The second kappa shape index (κ2) is 10.8. The predicted molar refractivity (Wildman–Crippen MR) is 159 cm³/mol. The largest absolute Gasteiger partial charge is 0.358 e. The molecular weight excluding hydrogens is 541 g/mol. The van der Waals surface area contributed by atoms with Crippen molar-refractivity contribution in [1.29, 1.82) is 0 Å². The van der Waals surface area contributed by atoms with Crippen LogP contribution in [0.15, 0.2) is 85.3 Å². The van der Waals surface area contributed by atoms with Gasteiger partial charge in [0.05, 0.1) is 29.5 Å². The molecule has 3 aromatic carbocycles. The van der Waals surface area contributed by atoms with E-state index >= 15 is 0 Å². The maximum atomic E-state index is 13.6. The molecule has 208 valence electrons. The number of anilines is 2. The Bertz CT molecular complexity index is 1980. The van der Waals surface area contributed by atoms with E-state index in [1.165, 1.54) is 24.7 Å². The lowest BCUT2D eigenvalue weighted by Gasteiger charge is -2.10. The Labute approximate surface area is 236 Å². The van der Waals surface area contributed by atoms with Crippen LogP contribution in [0.4, 0.5) is 15.9 Å². The molecular formula is C30H28FN7O2S. The fraction of sp³-hybridized carbons (Fsp3) is 0.167. The number of nitrogens with two attached hydrogens (primary N) is 1. The molecule has 6 rings (SSSR count). The van der Waals surface area contributed by atoms with E-state index in [1.54, 1.807) is 12.3 Å². The number of sulfone groups is 1. The minimum absolute atomic E-state index is 0.0662. The van der Waals surface area contributed by atoms with Crippen LogP contribution < -0.4 is 11.1 Å². The molecule has 4 N–H and O–H groups in total. The van der Waals surface area contributed by atoms with Gasteiger partial charge in [-0.25, -0.2) is 22.8 Å². The van der Waals surface area contributed by atoms with Crippen LogP contribution in [0, 0.1) is 5.82 Å². The molecule has 41 heavy (non-hydrogen) atoms. The average Bonchev–Trinajstić information content (AvgIpc) is 3.54. The second-order valence-electron chi connectivity index (χ2n) is 10.2. The van der Waals surface area contributed by atoms with Crippen LogP contribution in [0.25, 0.3) is 33.1 Å². The van der Waals surface area contributed by atoms with Gasteiger partial charge in [0, 0.05) is 46.6 Å². The van der Waals surface area contributed by atoms with Crippen LogP contribution in [-0.2, 0) is 22.8 Å². The summed E-state index contributed by atoms with van der Waals surface area (Å²) in [6.45, 7) is 0.470. The van der Waals surface area contributed by atoms with Crippen molar-refractivity contribution in [2.45, 2.75) is 19.0 Å². The highest BCUT2D eigenvalue weighted by Gasteiger charge is 2.14. The minimum atomic E-state index is -3.15. The Morgan fingerprint density at radius 1 is 1.05 bits per heavy atom. The van der Waals surface area contributed by atoms with Crippen molar-refractivity contribution >= 4 is 43.1 Å².